The van der Waals surface area contributed by atoms with Crippen LogP contribution in [-0.4, -0.2) is 9.97 Å². The molecule has 0 atom stereocenters. The minimum atomic E-state index is 0.694. The van der Waals surface area contributed by atoms with Crippen molar-refractivity contribution in [2.45, 2.75) is 0 Å². The molecule has 2 nitrogen and oxygen atoms in total. The van der Waals surface area contributed by atoms with Gasteiger partial charge in [0.15, 0.2) is 5.82 Å². The van der Waals surface area contributed by atoms with Crippen LogP contribution in [0.3, 0.4) is 0 Å². The summed E-state index contributed by atoms with van der Waals surface area (Å²) in [6.07, 6.45) is 0. The van der Waals surface area contributed by atoms with Crippen molar-refractivity contribution in [1.82, 2.24) is 9.97 Å². The van der Waals surface area contributed by atoms with Crippen LogP contribution in [0.1, 0.15) is 0 Å². The molecule has 1 heterocycles. The lowest BCUT2D eigenvalue weighted by Gasteiger charge is -2.15. The van der Waals surface area contributed by atoms with E-state index in [1.807, 2.05) is 0 Å². The lowest BCUT2D eigenvalue weighted by Crippen LogP contribution is -1.97. The Labute approximate surface area is 325 Å². The van der Waals surface area contributed by atoms with Crippen molar-refractivity contribution >= 4 is 53.9 Å². The summed E-state index contributed by atoms with van der Waals surface area (Å²) in [6.45, 7) is 0. The van der Waals surface area contributed by atoms with Crippen LogP contribution in [0.15, 0.2) is 206 Å². The highest BCUT2D eigenvalue weighted by Gasteiger charge is 2.17. The van der Waals surface area contributed by atoms with Gasteiger partial charge in [0.25, 0.3) is 0 Å². The molecule has 0 saturated carbocycles. The first-order chi connectivity index (χ1) is 27.7. The van der Waals surface area contributed by atoms with Gasteiger partial charge in [-0.25, -0.2) is 9.97 Å². The molecule has 1 aromatic heterocycles. The van der Waals surface area contributed by atoms with Gasteiger partial charge in [-0.15, -0.1) is 0 Å². The number of hydrogen-bond donors (Lipinski definition) is 0. The lowest BCUT2D eigenvalue weighted by molar-refractivity contribution is 1.18. The van der Waals surface area contributed by atoms with Crippen LogP contribution < -0.4 is 0 Å². The van der Waals surface area contributed by atoms with Gasteiger partial charge in [-0.1, -0.05) is 188 Å². The summed E-state index contributed by atoms with van der Waals surface area (Å²) >= 11 is 0. The summed E-state index contributed by atoms with van der Waals surface area (Å²) in [5.74, 6) is 0.694. The molecular weight excluding hydrogens is 677 g/mol. The van der Waals surface area contributed by atoms with Crippen molar-refractivity contribution in [2.24, 2.45) is 0 Å². The van der Waals surface area contributed by atoms with Gasteiger partial charge < -0.3 is 0 Å². The van der Waals surface area contributed by atoms with E-state index in [0.29, 0.717) is 5.82 Å². The zero-order valence-electron chi connectivity index (χ0n) is 30.5. The van der Waals surface area contributed by atoms with E-state index in [-0.39, 0.29) is 0 Å². The predicted molar refractivity (Wildman–Crippen MR) is 237 cm³/mol. The molecule has 0 bridgehead atoms. The second-order valence-electron chi connectivity index (χ2n) is 14.5. The minimum absolute atomic E-state index is 0.694. The fourth-order valence-corrected chi connectivity index (χ4v) is 8.53. The largest absolute Gasteiger partial charge is 0.228 e. The average molecular weight is 711 g/mol. The summed E-state index contributed by atoms with van der Waals surface area (Å²) in [5.41, 5.74) is 9.57. The molecule has 0 fully saturated rings. The number of aromatic nitrogens is 2. The highest BCUT2D eigenvalue weighted by molar-refractivity contribution is 6.20. The summed E-state index contributed by atoms with van der Waals surface area (Å²) < 4.78 is 0. The van der Waals surface area contributed by atoms with E-state index < -0.39 is 0 Å². The molecule has 260 valence electrons. The molecule has 0 radical (unpaired) electrons. The van der Waals surface area contributed by atoms with Crippen LogP contribution >= 0.6 is 0 Å². The van der Waals surface area contributed by atoms with Gasteiger partial charge in [0.2, 0.25) is 0 Å². The summed E-state index contributed by atoms with van der Waals surface area (Å²) in [5, 5.41) is 12.4. The number of nitrogens with zero attached hydrogens (tertiary/aromatic N) is 2. The normalized spacial score (nSPS) is 11.6. The Balaban J connectivity index is 1.09. The molecule has 11 rings (SSSR count). The zero-order chi connectivity index (χ0) is 37.0. The summed E-state index contributed by atoms with van der Waals surface area (Å²) in [4.78, 5) is 10.6. The van der Waals surface area contributed by atoms with Gasteiger partial charge in [0, 0.05) is 16.7 Å². The van der Waals surface area contributed by atoms with Crippen LogP contribution in [0.5, 0.6) is 0 Å². The van der Waals surface area contributed by atoms with Crippen LogP contribution in [0.25, 0.3) is 110 Å². The molecule has 0 aliphatic carbocycles. The molecule has 0 saturated heterocycles. The molecule has 56 heavy (non-hydrogen) atoms. The smallest absolute Gasteiger partial charge is 0.160 e. The van der Waals surface area contributed by atoms with Gasteiger partial charge in [0.05, 0.1) is 11.4 Å². The first-order valence-corrected chi connectivity index (χ1v) is 19.1. The second-order valence-corrected chi connectivity index (χ2v) is 14.5. The monoisotopic (exact) mass is 710 g/mol. The number of benzene rings is 10. The Bertz CT molecular complexity index is 3290. The second kappa shape index (κ2) is 13.2. The van der Waals surface area contributed by atoms with Crippen molar-refractivity contribution in [3.63, 3.8) is 0 Å². The lowest BCUT2D eigenvalue weighted by atomic mass is 9.89. The Morgan fingerprint density at radius 1 is 0.250 bits per heavy atom. The van der Waals surface area contributed by atoms with Gasteiger partial charge >= 0.3 is 0 Å². The van der Waals surface area contributed by atoms with Gasteiger partial charge in [0.1, 0.15) is 0 Å². The molecule has 0 aliphatic rings. The number of fused-ring (bicyclic) bond motifs is 7. The van der Waals surface area contributed by atoms with E-state index in [1.165, 1.54) is 65.0 Å². The van der Waals surface area contributed by atoms with E-state index in [9.17, 15) is 0 Å². The molecule has 0 N–H and O–H groups in total. The van der Waals surface area contributed by atoms with E-state index >= 15 is 0 Å². The van der Waals surface area contributed by atoms with Crippen LogP contribution in [0.2, 0.25) is 0 Å². The molecule has 10 aromatic carbocycles. The standard InChI is InChI=1S/C54H34N2/c1-2-12-35(13-3-1)44-18-10-11-21-48(44)52-34-51(42-29-30-46-41(32-42)27-22-36-14-4-7-17-43(36)46)55-54(56-52)39-25-23-38(24-26-39)53-47-20-9-6-16-40(47)33-50-45-19-8-5-15-37(45)28-31-49(50)53/h1-34H. The minimum Gasteiger partial charge on any atom is -0.228 e. The SMILES string of the molecule is c1ccc(-c2ccccc2-c2cc(-c3ccc4c(ccc5ccccc54)c3)nc(-c3ccc(-c4c5ccccc5cc5c4ccc4ccccc45)cc3)n2)cc1. The van der Waals surface area contributed by atoms with Crippen molar-refractivity contribution in [2.75, 3.05) is 0 Å². The molecular formula is C54H34N2. The van der Waals surface area contributed by atoms with Crippen molar-refractivity contribution in [1.29, 1.82) is 0 Å². The highest BCUT2D eigenvalue weighted by atomic mass is 14.9. The maximum absolute atomic E-state index is 5.31. The summed E-state index contributed by atoms with van der Waals surface area (Å²) in [7, 11) is 0. The van der Waals surface area contributed by atoms with Crippen molar-refractivity contribution in [3.8, 4) is 56.2 Å². The van der Waals surface area contributed by atoms with Crippen LogP contribution in [0.4, 0.5) is 0 Å². The third kappa shape index (κ3) is 5.42. The van der Waals surface area contributed by atoms with Crippen molar-refractivity contribution in [3.05, 3.63) is 206 Å². The van der Waals surface area contributed by atoms with Crippen LogP contribution in [0, 0.1) is 0 Å². The van der Waals surface area contributed by atoms with E-state index in [1.54, 1.807) is 0 Å². The first-order valence-electron chi connectivity index (χ1n) is 19.1. The van der Waals surface area contributed by atoms with Crippen molar-refractivity contribution < 1.29 is 0 Å². The van der Waals surface area contributed by atoms with E-state index in [2.05, 4.69) is 206 Å². The third-order valence-electron chi connectivity index (χ3n) is 11.3. The van der Waals surface area contributed by atoms with Crippen LogP contribution in [-0.2, 0) is 0 Å². The molecule has 11 aromatic rings. The Kier molecular flexibility index (Phi) is 7.53. The molecule has 0 unspecified atom stereocenters. The molecule has 0 amide bonds. The van der Waals surface area contributed by atoms with E-state index in [4.69, 9.17) is 9.97 Å². The fourth-order valence-electron chi connectivity index (χ4n) is 8.53. The maximum Gasteiger partial charge on any atom is 0.160 e. The fraction of sp³-hybridized carbons (Fsp3) is 0. The third-order valence-corrected chi connectivity index (χ3v) is 11.3. The number of rotatable bonds is 5. The zero-order valence-corrected chi connectivity index (χ0v) is 30.5. The van der Waals surface area contributed by atoms with Gasteiger partial charge in [-0.2, -0.15) is 0 Å². The quantitative estimate of drug-likeness (QED) is 0.131. The Hall–Kier alpha value is -7.42. The Morgan fingerprint density at radius 3 is 1.55 bits per heavy atom. The highest BCUT2D eigenvalue weighted by Crippen LogP contribution is 2.41. The molecule has 2 heteroatoms. The Morgan fingerprint density at radius 2 is 0.768 bits per heavy atom. The van der Waals surface area contributed by atoms with E-state index in [0.717, 1.165) is 39.2 Å². The first kappa shape index (κ1) is 32.0. The molecule has 0 aliphatic heterocycles. The number of hydrogen-bond acceptors (Lipinski definition) is 2. The topological polar surface area (TPSA) is 25.8 Å². The van der Waals surface area contributed by atoms with Gasteiger partial charge in [-0.3, -0.25) is 0 Å². The molecule has 0 spiro atoms. The average Bonchev–Trinajstić information content (AvgIpc) is 3.28. The van der Waals surface area contributed by atoms with Gasteiger partial charge in [-0.05, 0) is 94.3 Å². The predicted octanol–water partition coefficient (Wildman–Crippen LogP) is 14.6. The maximum atomic E-state index is 5.31. The summed E-state index contributed by atoms with van der Waals surface area (Å²) in [6, 6.07) is 74.0.